The van der Waals surface area contributed by atoms with Crippen LogP contribution in [0.3, 0.4) is 0 Å². The smallest absolute Gasteiger partial charge is 0.0961 e. The van der Waals surface area contributed by atoms with E-state index in [1.165, 1.54) is 3.57 Å². The topological polar surface area (TPSA) is 26.0 Å². The summed E-state index contributed by atoms with van der Waals surface area (Å²) < 4.78 is 3.03. The molecule has 17 heavy (non-hydrogen) atoms. The van der Waals surface area contributed by atoms with Gasteiger partial charge >= 0.3 is 0 Å². The number of thiophene rings is 1. The van der Waals surface area contributed by atoms with Crippen LogP contribution in [0.2, 0.25) is 4.34 Å². The van der Waals surface area contributed by atoms with Crippen LogP contribution in [0, 0.1) is 10.5 Å². The van der Waals surface area contributed by atoms with E-state index in [1.807, 2.05) is 19.1 Å². The molecule has 2 rings (SSSR count). The van der Waals surface area contributed by atoms with E-state index in [1.54, 1.807) is 11.3 Å². The fourth-order valence-electron chi connectivity index (χ4n) is 1.54. The molecule has 0 aliphatic carbocycles. The van der Waals surface area contributed by atoms with Crippen molar-refractivity contribution in [2.45, 2.75) is 13.0 Å². The first-order valence-electron chi connectivity index (χ1n) is 4.95. The molecule has 1 unspecified atom stereocenters. The molecule has 1 nitrogen and oxygen atoms in total. The second-order valence-corrected chi connectivity index (χ2v) is 7.53. The Labute approximate surface area is 132 Å². The molecular weight excluding hydrogens is 432 g/mol. The average Bonchev–Trinajstić information content (AvgIpc) is 2.62. The van der Waals surface area contributed by atoms with Crippen LogP contribution in [0.4, 0.5) is 0 Å². The Morgan fingerprint density at radius 3 is 2.71 bits per heavy atom. The van der Waals surface area contributed by atoms with E-state index >= 15 is 0 Å². The fraction of sp³-hybridized carbons (Fsp3) is 0.167. The molecule has 90 valence electrons. The molecule has 1 heterocycles. The summed E-state index contributed by atoms with van der Waals surface area (Å²) in [7, 11) is 0. The molecule has 2 N–H and O–H groups in total. The first kappa shape index (κ1) is 13.8. The van der Waals surface area contributed by atoms with Gasteiger partial charge in [0.15, 0.2) is 0 Å². The van der Waals surface area contributed by atoms with Gasteiger partial charge in [-0.15, -0.1) is 11.3 Å². The maximum Gasteiger partial charge on any atom is 0.0961 e. The highest BCUT2D eigenvalue weighted by atomic mass is 127. The summed E-state index contributed by atoms with van der Waals surface area (Å²) >= 11 is 13.5. The zero-order chi connectivity index (χ0) is 12.6. The number of hydrogen-bond donors (Lipinski definition) is 1. The van der Waals surface area contributed by atoms with Crippen LogP contribution >= 0.6 is 61.5 Å². The highest BCUT2D eigenvalue weighted by Crippen LogP contribution is 2.35. The predicted molar refractivity (Wildman–Crippen MR) is 87.0 cm³/mol. The van der Waals surface area contributed by atoms with Gasteiger partial charge in [-0.05, 0) is 64.9 Å². The number of aryl methyl sites for hydroxylation is 1. The maximum atomic E-state index is 6.29. The molecule has 0 saturated heterocycles. The van der Waals surface area contributed by atoms with Crippen molar-refractivity contribution < 1.29 is 0 Å². The van der Waals surface area contributed by atoms with Crippen molar-refractivity contribution in [3.05, 3.63) is 52.6 Å². The molecular formula is C12H10BrClINS. The molecule has 0 saturated carbocycles. The van der Waals surface area contributed by atoms with Crippen molar-refractivity contribution in [2.75, 3.05) is 0 Å². The third kappa shape index (κ3) is 3.04. The lowest BCUT2D eigenvalue weighted by Gasteiger charge is -2.12. The summed E-state index contributed by atoms with van der Waals surface area (Å²) in [6.45, 7) is 2.00. The lowest BCUT2D eigenvalue weighted by Crippen LogP contribution is -2.11. The van der Waals surface area contributed by atoms with Crippen LogP contribution in [0.1, 0.15) is 22.0 Å². The van der Waals surface area contributed by atoms with E-state index in [0.717, 1.165) is 24.8 Å². The first-order valence-corrected chi connectivity index (χ1v) is 8.02. The van der Waals surface area contributed by atoms with Crippen LogP contribution in [0.15, 0.2) is 28.7 Å². The molecule has 0 aliphatic rings. The third-order valence-electron chi connectivity index (χ3n) is 2.48. The van der Waals surface area contributed by atoms with Gasteiger partial charge in [0.25, 0.3) is 0 Å². The van der Waals surface area contributed by atoms with Crippen LogP contribution in [0.5, 0.6) is 0 Å². The summed E-state index contributed by atoms with van der Waals surface area (Å²) in [5.41, 5.74) is 8.47. The molecule has 0 radical (unpaired) electrons. The van der Waals surface area contributed by atoms with Crippen LogP contribution in [0.25, 0.3) is 0 Å². The van der Waals surface area contributed by atoms with Crippen molar-refractivity contribution in [1.29, 1.82) is 0 Å². The number of halogens is 3. The summed E-state index contributed by atoms with van der Waals surface area (Å²) in [4.78, 5) is 1.09. The highest BCUT2D eigenvalue weighted by Gasteiger charge is 2.16. The van der Waals surface area contributed by atoms with Gasteiger partial charge in [0, 0.05) is 12.9 Å². The average molecular weight is 443 g/mol. The highest BCUT2D eigenvalue weighted by molar-refractivity contribution is 14.1. The van der Waals surface area contributed by atoms with Gasteiger partial charge in [0.2, 0.25) is 0 Å². The Morgan fingerprint density at radius 2 is 2.12 bits per heavy atom. The normalized spacial score (nSPS) is 12.8. The second kappa shape index (κ2) is 5.57. The van der Waals surface area contributed by atoms with Gasteiger partial charge in [-0.25, -0.2) is 0 Å². The zero-order valence-corrected chi connectivity index (χ0v) is 14.3. The Morgan fingerprint density at radius 1 is 1.41 bits per heavy atom. The predicted octanol–water partition coefficient (Wildman–Crippen LogP) is 5.13. The van der Waals surface area contributed by atoms with Crippen molar-refractivity contribution in [3.8, 4) is 0 Å². The van der Waals surface area contributed by atoms with E-state index in [2.05, 4.69) is 50.7 Å². The molecule has 0 spiro atoms. The molecule has 1 atom stereocenters. The standard InChI is InChI=1S/C12H10BrClINS/c1-6-4-10(17-12(6)14)11(16)8-5-7(15)2-3-9(8)13/h2-5,11H,16H2,1H3. The van der Waals surface area contributed by atoms with Gasteiger partial charge < -0.3 is 5.73 Å². The molecule has 0 aliphatic heterocycles. The van der Waals surface area contributed by atoms with E-state index < -0.39 is 0 Å². The minimum atomic E-state index is -0.129. The quantitative estimate of drug-likeness (QED) is 0.642. The summed E-state index contributed by atoms with van der Waals surface area (Å²) in [5, 5.41) is 0. The van der Waals surface area contributed by atoms with Crippen LogP contribution < -0.4 is 5.73 Å². The number of rotatable bonds is 2. The fourth-order valence-corrected chi connectivity index (χ4v) is 3.79. The number of nitrogens with two attached hydrogens (primary N) is 1. The Kier molecular flexibility index (Phi) is 4.52. The molecule has 1 aromatic carbocycles. The monoisotopic (exact) mass is 441 g/mol. The van der Waals surface area contributed by atoms with Gasteiger partial charge in [0.05, 0.1) is 10.4 Å². The lowest BCUT2D eigenvalue weighted by molar-refractivity contribution is 0.885. The summed E-state index contributed by atoms with van der Waals surface area (Å²) in [6, 6.07) is 8.10. The van der Waals surface area contributed by atoms with Crippen molar-refractivity contribution in [2.24, 2.45) is 5.73 Å². The van der Waals surface area contributed by atoms with E-state index in [-0.39, 0.29) is 6.04 Å². The van der Waals surface area contributed by atoms with E-state index in [0.29, 0.717) is 0 Å². The second-order valence-electron chi connectivity index (χ2n) is 3.75. The summed E-state index contributed by atoms with van der Waals surface area (Å²) in [6.07, 6.45) is 0. The Bertz CT molecular complexity index is 536. The summed E-state index contributed by atoms with van der Waals surface area (Å²) in [5.74, 6) is 0. The third-order valence-corrected chi connectivity index (χ3v) is 5.51. The van der Waals surface area contributed by atoms with Crippen molar-refractivity contribution in [3.63, 3.8) is 0 Å². The Balaban J connectivity index is 2.42. The molecule has 1 aromatic heterocycles. The number of hydrogen-bond acceptors (Lipinski definition) is 2. The molecule has 0 amide bonds. The molecule has 5 heteroatoms. The zero-order valence-electron chi connectivity index (χ0n) is 9.01. The van der Waals surface area contributed by atoms with Crippen molar-refractivity contribution in [1.82, 2.24) is 0 Å². The number of benzene rings is 1. The molecule has 2 aromatic rings. The minimum absolute atomic E-state index is 0.129. The van der Waals surface area contributed by atoms with Crippen LogP contribution in [-0.4, -0.2) is 0 Å². The van der Waals surface area contributed by atoms with Crippen molar-refractivity contribution >= 4 is 61.5 Å². The van der Waals surface area contributed by atoms with Gasteiger partial charge in [0.1, 0.15) is 0 Å². The van der Waals surface area contributed by atoms with Gasteiger partial charge in [-0.3, -0.25) is 0 Å². The SMILES string of the molecule is Cc1cc(C(N)c2cc(I)ccc2Br)sc1Cl. The first-order chi connectivity index (χ1) is 7.99. The molecule has 0 fully saturated rings. The van der Waals surface area contributed by atoms with E-state index in [9.17, 15) is 0 Å². The van der Waals surface area contributed by atoms with E-state index in [4.69, 9.17) is 17.3 Å². The lowest BCUT2D eigenvalue weighted by atomic mass is 10.1. The minimum Gasteiger partial charge on any atom is -0.320 e. The largest absolute Gasteiger partial charge is 0.320 e. The maximum absolute atomic E-state index is 6.29. The Hall–Kier alpha value is 0.380. The molecule has 0 bridgehead atoms. The van der Waals surface area contributed by atoms with Crippen LogP contribution in [-0.2, 0) is 0 Å². The van der Waals surface area contributed by atoms with Gasteiger partial charge in [-0.2, -0.15) is 0 Å². The van der Waals surface area contributed by atoms with Gasteiger partial charge in [-0.1, -0.05) is 27.5 Å².